The largest absolute Gasteiger partial charge is 0.493 e. The zero-order chi connectivity index (χ0) is 55.8. The Hall–Kier alpha value is -7.77. The van der Waals surface area contributed by atoms with Crippen molar-refractivity contribution in [2.24, 2.45) is 0 Å². The van der Waals surface area contributed by atoms with Gasteiger partial charge in [0.2, 0.25) is 0 Å². The molecule has 22 aliphatic rings. The molecule has 21 aliphatic heterocycles. The SMILES string of the molecule is COc1cc2c3cc1OCCOc1ccc4cc(ccc4c1)CN1CCN4CCN5Cc6ccc7cc(ccc7c6)OCCOc6cc(c(cc6OC)C3)Cc3cc(OC)c(cc3C2)OCCOc2ccc3cc(ccc3c2)CN(CC4)P15. The topological polar surface area (TPSA) is 96.0 Å². The van der Waals surface area contributed by atoms with Crippen LogP contribution in [0.1, 0.15) is 50.1 Å². The van der Waals surface area contributed by atoms with Gasteiger partial charge >= 0.3 is 0 Å². The molecule has 3 fully saturated rings. The van der Waals surface area contributed by atoms with Crippen LogP contribution in [0.25, 0.3) is 32.3 Å². The lowest BCUT2D eigenvalue weighted by molar-refractivity contribution is 0.159. The molecule has 0 amide bonds. The molecule has 14 heteroatoms. The summed E-state index contributed by atoms with van der Waals surface area (Å²) in [7, 11) is 4.17. The van der Waals surface area contributed by atoms with E-state index in [1.807, 2.05) is 0 Å². The van der Waals surface area contributed by atoms with E-state index in [4.69, 9.17) is 42.6 Å². The van der Waals surface area contributed by atoms with Crippen molar-refractivity contribution < 1.29 is 42.6 Å². The third-order valence-corrected chi connectivity index (χ3v) is 19.5. The molecule has 9 aromatic rings. The van der Waals surface area contributed by atoms with Gasteiger partial charge in [0.05, 0.1) is 21.3 Å². The number of rotatable bonds is 3. The molecule has 0 N–H and O–H groups in total. The van der Waals surface area contributed by atoms with Gasteiger partial charge < -0.3 is 42.6 Å². The summed E-state index contributed by atoms with van der Waals surface area (Å²) in [5.74, 6) is 6.30. The van der Waals surface area contributed by atoms with E-state index in [9.17, 15) is 0 Å². The van der Waals surface area contributed by atoms with E-state index in [0.29, 0.717) is 93.4 Å². The minimum atomic E-state index is -0.914. The Morgan fingerprint density at radius 1 is 0.313 bits per heavy atom. The van der Waals surface area contributed by atoms with E-state index >= 15 is 0 Å². The predicted octanol–water partition coefficient (Wildman–Crippen LogP) is 12.6. The van der Waals surface area contributed by atoms with Gasteiger partial charge in [-0.2, -0.15) is 0 Å². The molecule has 0 spiro atoms. The summed E-state index contributed by atoms with van der Waals surface area (Å²) in [4.78, 5) is 2.67. The van der Waals surface area contributed by atoms with E-state index in [2.05, 4.69) is 165 Å². The fourth-order valence-electron chi connectivity index (χ4n) is 12.6. The number of methoxy groups -OCH3 is 3. The van der Waals surface area contributed by atoms with E-state index in [0.717, 1.165) is 126 Å². The van der Waals surface area contributed by atoms with Crippen molar-refractivity contribution in [2.75, 3.05) is 100 Å². The highest BCUT2D eigenvalue weighted by molar-refractivity contribution is 7.50. The minimum absolute atomic E-state index is 0.318. The fourth-order valence-corrected chi connectivity index (χ4v) is 15.4. The second-order valence-electron chi connectivity index (χ2n) is 22.2. The van der Waals surface area contributed by atoms with Crippen molar-refractivity contribution in [1.82, 2.24) is 18.9 Å². The van der Waals surface area contributed by atoms with Crippen LogP contribution in [0.4, 0.5) is 0 Å². The third kappa shape index (κ3) is 11.4. The Balaban J connectivity index is 0.901. The maximum atomic E-state index is 6.59. The molecule has 3 atom stereocenters. The first-order valence-electron chi connectivity index (χ1n) is 29.1. The first-order valence-corrected chi connectivity index (χ1v) is 30.3. The number of hydrogen-bond acceptors (Lipinski definition) is 13. The third-order valence-electron chi connectivity index (χ3n) is 16.9. The summed E-state index contributed by atoms with van der Waals surface area (Å²) >= 11 is 0. The number of ether oxygens (including phenoxy) is 9. The van der Waals surface area contributed by atoms with Crippen LogP contribution in [0.5, 0.6) is 51.7 Å². The summed E-state index contributed by atoms with van der Waals surface area (Å²) in [6.45, 7) is 10.6. The molecule has 424 valence electrons. The molecule has 3 saturated heterocycles. The number of nitrogens with zero attached hydrogens (tertiary/aromatic N) is 4. The Bertz CT molecular complexity index is 3500. The van der Waals surface area contributed by atoms with Crippen LogP contribution in [-0.4, -0.2) is 119 Å². The zero-order valence-electron chi connectivity index (χ0n) is 47.5. The van der Waals surface area contributed by atoms with Crippen LogP contribution in [0, 0.1) is 0 Å². The Kier molecular flexibility index (Phi) is 15.1. The lowest BCUT2D eigenvalue weighted by atomic mass is 9.94. The highest BCUT2D eigenvalue weighted by Crippen LogP contribution is 2.52. The van der Waals surface area contributed by atoms with Crippen LogP contribution in [0.3, 0.4) is 0 Å². The summed E-state index contributed by atoms with van der Waals surface area (Å²) in [5.41, 5.74) is 10.5. The first kappa shape index (κ1) is 53.2. The van der Waals surface area contributed by atoms with Crippen molar-refractivity contribution in [3.63, 3.8) is 0 Å². The predicted molar refractivity (Wildman–Crippen MR) is 327 cm³/mol. The highest BCUT2D eigenvalue weighted by Gasteiger charge is 2.37. The average molecular weight is 1130 g/mol. The van der Waals surface area contributed by atoms with Gasteiger partial charge in [-0.25, -0.2) is 0 Å². The molecule has 0 radical (unpaired) electrons. The molecule has 0 aromatic heterocycles. The van der Waals surface area contributed by atoms with Crippen LogP contribution >= 0.6 is 8.37 Å². The van der Waals surface area contributed by atoms with Gasteiger partial charge in [0.15, 0.2) is 34.5 Å². The molecule has 0 saturated carbocycles. The monoisotopic (exact) mass is 1130 g/mol. The van der Waals surface area contributed by atoms with E-state index < -0.39 is 8.37 Å². The maximum Gasteiger partial charge on any atom is 0.161 e. The van der Waals surface area contributed by atoms with E-state index in [1.165, 1.54) is 32.8 Å². The molecule has 9 aromatic carbocycles. The van der Waals surface area contributed by atoms with Crippen LogP contribution in [-0.2, 0) is 38.9 Å². The Morgan fingerprint density at radius 2 is 0.602 bits per heavy atom. The molecule has 3 unspecified atom stereocenters. The van der Waals surface area contributed by atoms with E-state index in [1.54, 1.807) is 21.3 Å². The second-order valence-corrected chi connectivity index (χ2v) is 24.5. The standard InChI is InChI=1S/C69H69N4O9P/c1-74-64-37-55-31-59-41-68-66(76-3)39-57(59)33-60-42-69-65(75-2)38-56(60)32-58(55)40-67(64)80-25-22-77-61-13-10-49-28-46(4-7-52(49)34-61)43-71-19-16-70-17-20-72(44-47-5-8-53-35-62(78-23-26-81-68)14-11-50(53)29-47)83(71)73(21-18-70)45-48-6-9-54-36-63(79-24-27-82-69)15-12-51(54)30-48/h4-15,28-30,34-42H,16-27,31-33,43-45H2,1-3H3. The molecule has 13 nitrogen and oxygen atoms in total. The van der Waals surface area contributed by atoms with Gasteiger partial charge in [0.1, 0.15) is 65.3 Å². The van der Waals surface area contributed by atoms with Gasteiger partial charge in [-0.05, 0) is 193 Å². The highest BCUT2D eigenvalue weighted by atomic mass is 31.2. The summed E-state index contributed by atoms with van der Waals surface area (Å²) in [6.07, 6.45) is 1.83. The van der Waals surface area contributed by atoms with Gasteiger partial charge in [0, 0.05) is 58.9 Å². The summed E-state index contributed by atoms with van der Waals surface area (Å²) < 4.78 is 65.7. The lowest BCUT2D eigenvalue weighted by Crippen LogP contribution is -2.51. The summed E-state index contributed by atoms with van der Waals surface area (Å²) in [5, 5.41) is 6.99. The van der Waals surface area contributed by atoms with Crippen molar-refractivity contribution in [2.45, 2.75) is 38.9 Å². The van der Waals surface area contributed by atoms with Gasteiger partial charge in [-0.15, -0.1) is 0 Å². The average Bonchev–Trinajstić information content (AvgIpc) is 3.88. The van der Waals surface area contributed by atoms with Crippen LogP contribution < -0.4 is 42.6 Å². The van der Waals surface area contributed by atoms with E-state index in [-0.39, 0.29) is 0 Å². The van der Waals surface area contributed by atoms with Gasteiger partial charge in [-0.1, -0.05) is 54.6 Å². The number of fused-ring (bicyclic) bond motifs is 4. The molecule has 26 bridgehead atoms. The second kappa shape index (κ2) is 23.5. The minimum Gasteiger partial charge on any atom is -0.493 e. The number of benzene rings is 9. The van der Waals surface area contributed by atoms with Crippen LogP contribution in [0.15, 0.2) is 146 Å². The van der Waals surface area contributed by atoms with Crippen molar-refractivity contribution in [3.05, 3.63) is 196 Å². The molecule has 31 rings (SSSR count). The molecular formula is C69H69N4O9P. The molecule has 1 aliphatic carbocycles. The smallest absolute Gasteiger partial charge is 0.161 e. The van der Waals surface area contributed by atoms with Crippen molar-refractivity contribution in [3.8, 4) is 51.7 Å². The quantitative estimate of drug-likeness (QED) is 0.157. The lowest BCUT2D eigenvalue weighted by Gasteiger charge is -2.50. The van der Waals surface area contributed by atoms with Gasteiger partial charge in [0.25, 0.3) is 0 Å². The molecular weight excluding hydrogens is 1060 g/mol. The fraction of sp³-hybridized carbons (Fsp3) is 0.304. The summed E-state index contributed by atoms with van der Waals surface area (Å²) in [6, 6.07) is 52.8. The Morgan fingerprint density at radius 3 is 0.928 bits per heavy atom. The molecule has 21 heterocycles. The van der Waals surface area contributed by atoms with Crippen LogP contribution in [0.2, 0.25) is 0 Å². The van der Waals surface area contributed by atoms with Crippen molar-refractivity contribution in [1.29, 1.82) is 0 Å². The maximum absolute atomic E-state index is 6.59. The van der Waals surface area contributed by atoms with Gasteiger partial charge in [-0.3, -0.25) is 18.9 Å². The molecule has 83 heavy (non-hydrogen) atoms. The first-order chi connectivity index (χ1) is 40.8. The number of hydrogen-bond donors (Lipinski definition) is 0. The Labute approximate surface area is 486 Å². The van der Waals surface area contributed by atoms with Crippen molar-refractivity contribution >= 4 is 40.7 Å². The zero-order valence-corrected chi connectivity index (χ0v) is 48.4. The normalized spacial score (nSPS) is 20.8.